The standard InChI is InChI=1S/C11H12Cl2N4/c1-2-17-10(6-14)15-16-11(17)7-3-8(12)5-9(13)4-7/h3-5H,2,6,14H2,1H3. The highest BCUT2D eigenvalue weighted by molar-refractivity contribution is 6.35. The summed E-state index contributed by atoms with van der Waals surface area (Å²) in [5.74, 6) is 1.48. The molecule has 0 radical (unpaired) electrons. The molecule has 0 unspecified atom stereocenters. The van der Waals surface area contributed by atoms with Crippen molar-refractivity contribution in [3.8, 4) is 11.4 Å². The minimum atomic E-state index is 0.356. The van der Waals surface area contributed by atoms with Crippen LogP contribution in [0.25, 0.3) is 11.4 Å². The Bertz CT molecular complexity index is 516. The molecule has 0 fully saturated rings. The number of hydrogen-bond acceptors (Lipinski definition) is 3. The minimum absolute atomic E-state index is 0.356. The first-order chi connectivity index (χ1) is 8.15. The molecule has 4 nitrogen and oxygen atoms in total. The monoisotopic (exact) mass is 270 g/mol. The van der Waals surface area contributed by atoms with Gasteiger partial charge in [-0.05, 0) is 25.1 Å². The van der Waals surface area contributed by atoms with Crippen molar-refractivity contribution in [2.24, 2.45) is 5.73 Å². The van der Waals surface area contributed by atoms with Gasteiger partial charge in [-0.25, -0.2) is 0 Å². The SMILES string of the molecule is CCn1c(CN)nnc1-c1cc(Cl)cc(Cl)c1. The van der Waals surface area contributed by atoms with Gasteiger partial charge < -0.3 is 10.3 Å². The average Bonchev–Trinajstić information content (AvgIpc) is 2.70. The van der Waals surface area contributed by atoms with Crippen LogP contribution >= 0.6 is 23.2 Å². The minimum Gasteiger partial charge on any atom is -0.324 e. The highest BCUT2D eigenvalue weighted by atomic mass is 35.5. The van der Waals surface area contributed by atoms with Crippen LogP contribution in [0.4, 0.5) is 0 Å². The Kier molecular flexibility index (Phi) is 3.66. The highest BCUT2D eigenvalue weighted by Gasteiger charge is 2.12. The van der Waals surface area contributed by atoms with E-state index in [1.54, 1.807) is 6.07 Å². The number of hydrogen-bond donors (Lipinski definition) is 1. The second-order valence-corrected chi connectivity index (χ2v) is 4.42. The molecule has 2 N–H and O–H groups in total. The van der Waals surface area contributed by atoms with Crippen LogP contribution in [0.15, 0.2) is 18.2 Å². The first-order valence-corrected chi connectivity index (χ1v) is 6.00. The summed E-state index contributed by atoms with van der Waals surface area (Å²) in [5, 5.41) is 9.32. The zero-order valence-corrected chi connectivity index (χ0v) is 10.8. The van der Waals surface area contributed by atoms with Gasteiger partial charge in [-0.2, -0.15) is 0 Å². The van der Waals surface area contributed by atoms with E-state index in [0.29, 0.717) is 16.6 Å². The molecule has 2 aromatic rings. The van der Waals surface area contributed by atoms with Crippen LogP contribution in [-0.4, -0.2) is 14.8 Å². The van der Waals surface area contributed by atoms with E-state index >= 15 is 0 Å². The third kappa shape index (κ3) is 2.44. The van der Waals surface area contributed by atoms with Crippen molar-refractivity contribution in [2.75, 3.05) is 0 Å². The summed E-state index contributed by atoms with van der Waals surface area (Å²) in [5.41, 5.74) is 6.45. The predicted octanol–water partition coefficient (Wildman–Crippen LogP) is 2.73. The Hall–Kier alpha value is -1.10. The molecule has 0 saturated carbocycles. The third-order valence-corrected chi connectivity index (χ3v) is 2.88. The fourth-order valence-electron chi connectivity index (χ4n) is 1.72. The normalized spacial score (nSPS) is 10.8. The zero-order chi connectivity index (χ0) is 12.4. The largest absolute Gasteiger partial charge is 0.324 e. The molecule has 90 valence electrons. The summed E-state index contributed by atoms with van der Waals surface area (Å²) >= 11 is 11.9. The zero-order valence-electron chi connectivity index (χ0n) is 9.32. The maximum atomic E-state index is 5.97. The van der Waals surface area contributed by atoms with E-state index < -0.39 is 0 Å². The Balaban J connectivity index is 2.55. The Morgan fingerprint density at radius 2 is 1.82 bits per heavy atom. The van der Waals surface area contributed by atoms with E-state index in [1.807, 2.05) is 23.6 Å². The molecule has 0 bridgehead atoms. The van der Waals surface area contributed by atoms with Crippen molar-refractivity contribution in [1.29, 1.82) is 0 Å². The number of rotatable bonds is 3. The summed E-state index contributed by atoms with van der Waals surface area (Å²) in [4.78, 5) is 0. The van der Waals surface area contributed by atoms with Gasteiger partial charge in [0.15, 0.2) is 5.82 Å². The quantitative estimate of drug-likeness (QED) is 0.933. The highest BCUT2D eigenvalue weighted by Crippen LogP contribution is 2.26. The first-order valence-electron chi connectivity index (χ1n) is 5.24. The topological polar surface area (TPSA) is 56.7 Å². The van der Waals surface area contributed by atoms with Crippen molar-refractivity contribution in [1.82, 2.24) is 14.8 Å². The van der Waals surface area contributed by atoms with Crippen LogP contribution in [0.5, 0.6) is 0 Å². The predicted molar refractivity (Wildman–Crippen MR) is 69.0 cm³/mol. The van der Waals surface area contributed by atoms with Gasteiger partial charge >= 0.3 is 0 Å². The lowest BCUT2D eigenvalue weighted by molar-refractivity contribution is 0.704. The first kappa shape index (κ1) is 12.4. The van der Waals surface area contributed by atoms with Crippen molar-refractivity contribution in [3.05, 3.63) is 34.1 Å². The lowest BCUT2D eigenvalue weighted by atomic mass is 10.2. The molecule has 0 amide bonds. The van der Waals surface area contributed by atoms with Gasteiger partial charge in [-0.1, -0.05) is 23.2 Å². The van der Waals surface area contributed by atoms with Crippen molar-refractivity contribution >= 4 is 23.2 Å². The van der Waals surface area contributed by atoms with E-state index in [4.69, 9.17) is 28.9 Å². The van der Waals surface area contributed by atoms with Crippen molar-refractivity contribution in [3.63, 3.8) is 0 Å². The molecule has 17 heavy (non-hydrogen) atoms. The molecule has 6 heteroatoms. The number of halogens is 2. The Labute approximate surface area is 109 Å². The van der Waals surface area contributed by atoms with Gasteiger partial charge in [-0.15, -0.1) is 10.2 Å². The van der Waals surface area contributed by atoms with E-state index in [9.17, 15) is 0 Å². The summed E-state index contributed by atoms with van der Waals surface area (Å²) in [6, 6.07) is 5.30. The van der Waals surface area contributed by atoms with Gasteiger partial charge in [0.1, 0.15) is 5.82 Å². The molecular formula is C11H12Cl2N4. The summed E-state index contributed by atoms with van der Waals surface area (Å²) in [6.45, 7) is 3.12. The van der Waals surface area contributed by atoms with Crippen LogP contribution in [0.3, 0.4) is 0 Å². The molecule has 0 saturated heterocycles. The average molecular weight is 271 g/mol. The number of nitrogens with two attached hydrogens (primary N) is 1. The molecule has 0 aliphatic carbocycles. The summed E-state index contributed by atoms with van der Waals surface area (Å²) in [7, 11) is 0. The smallest absolute Gasteiger partial charge is 0.164 e. The van der Waals surface area contributed by atoms with E-state index in [2.05, 4.69) is 10.2 Å². The fraction of sp³-hybridized carbons (Fsp3) is 0.273. The molecular weight excluding hydrogens is 259 g/mol. The van der Waals surface area contributed by atoms with Crippen molar-refractivity contribution < 1.29 is 0 Å². The Morgan fingerprint density at radius 1 is 1.18 bits per heavy atom. The third-order valence-electron chi connectivity index (χ3n) is 2.45. The Morgan fingerprint density at radius 3 is 2.35 bits per heavy atom. The van der Waals surface area contributed by atoms with E-state index in [0.717, 1.165) is 23.8 Å². The van der Waals surface area contributed by atoms with Crippen LogP contribution in [-0.2, 0) is 13.1 Å². The molecule has 0 aliphatic rings. The molecule has 1 aromatic heterocycles. The maximum absolute atomic E-state index is 5.97. The van der Waals surface area contributed by atoms with Gasteiger partial charge in [-0.3, -0.25) is 0 Å². The second kappa shape index (κ2) is 5.04. The molecule has 1 heterocycles. The van der Waals surface area contributed by atoms with Crippen molar-refractivity contribution in [2.45, 2.75) is 20.0 Å². The lowest BCUT2D eigenvalue weighted by Gasteiger charge is -2.07. The van der Waals surface area contributed by atoms with Gasteiger partial charge in [0.05, 0.1) is 6.54 Å². The molecule has 2 rings (SSSR count). The van der Waals surface area contributed by atoms with Crippen LogP contribution in [0.1, 0.15) is 12.7 Å². The van der Waals surface area contributed by atoms with E-state index in [1.165, 1.54) is 0 Å². The second-order valence-electron chi connectivity index (χ2n) is 3.55. The number of benzene rings is 1. The van der Waals surface area contributed by atoms with Gasteiger partial charge in [0.25, 0.3) is 0 Å². The van der Waals surface area contributed by atoms with Gasteiger partial charge in [0.2, 0.25) is 0 Å². The summed E-state index contributed by atoms with van der Waals surface area (Å²) < 4.78 is 1.95. The molecule has 1 aromatic carbocycles. The van der Waals surface area contributed by atoms with E-state index in [-0.39, 0.29) is 0 Å². The molecule has 0 atom stereocenters. The van der Waals surface area contributed by atoms with Crippen LogP contribution in [0, 0.1) is 0 Å². The van der Waals surface area contributed by atoms with Crippen LogP contribution < -0.4 is 5.73 Å². The number of aromatic nitrogens is 3. The molecule has 0 aliphatic heterocycles. The fourth-order valence-corrected chi connectivity index (χ4v) is 2.24. The van der Waals surface area contributed by atoms with Gasteiger partial charge in [0, 0.05) is 22.2 Å². The maximum Gasteiger partial charge on any atom is 0.164 e. The summed E-state index contributed by atoms with van der Waals surface area (Å²) in [6.07, 6.45) is 0. The molecule has 0 spiro atoms. The van der Waals surface area contributed by atoms with Crippen LogP contribution in [0.2, 0.25) is 10.0 Å². The lowest BCUT2D eigenvalue weighted by Crippen LogP contribution is -2.08. The number of nitrogens with zero attached hydrogens (tertiary/aromatic N) is 3.